The summed E-state index contributed by atoms with van der Waals surface area (Å²) in [7, 11) is -3.51. The Balaban J connectivity index is 1.52. The molecule has 4 rings (SSSR count). The van der Waals surface area contributed by atoms with Crippen LogP contribution in [0.4, 0.5) is 5.69 Å². The van der Waals surface area contributed by atoms with Crippen molar-refractivity contribution in [3.8, 4) is 0 Å². The maximum absolute atomic E-state index is 12.8. The molecule has 1 fully saturated rings. The number of carbonyl (C=O) groups is 1. The van der Waals surface area contributed by atoms with Crippen molar-refractivity contribution in [3.05, 3.63) is 59.9 Å². The lowest BCUT2D eigenvalue weighted by Crippen LogP contribution is -2.37. The van der Waals surface area contributed by atoms with Crippen molar-refractivity contribution in [2.75, 3.05) is 18.8 Å². The number of ketones is 1. The molecule has 2 N–H and O–H groups in total. The van der Waals surface area contributed by atoms with Crippen molar-refractivity contribution >= 4 is 27.0 Å². The Morgan fingerprint density at radius 3 is 2.46 bits per heavy atom. The van der Waals surface area contributed by atoms with Gasteiger partial charge >= 0.3 is 0 Å². The number of piperidine rings is 1. The number of rotatable bonds is 4. The second kappa shape index (κ2) is 7.03. The summed E-state index contributed by atoms with van der Waals surface area (Å²) in [4.78, 5) is 12.1. The highest BCUT2D eigenvalue weighted by molar-refractivity contribution is 7.89. The van der Waals surface area contributed by atoms with Crippen LogP contribution in [0.1, 0.15) is 41.6 Å². The van der Waals surface area contributed by atoms with Gasteiger partial charge in [0.25, 0.3) is 0 Å². The molecular weight excluding hydrogens is 376 g/mol. The van der Waals surface area contributed by atoms with Crippen molar-refractivity contribution in [2.45, 2.75) is 30.6 Å². The molecular formula is C20H22N4O3S. The first-order valence-corrected chi connectivity index (χ1v) is 10.6. The van der Waals surface area contributed by atoms with Crippen LogP contribution < -0.4 is 5.73 Å². The first-order valence-electron chi connectivity index (χ1n) is 9.20. The van der Waals surface area contributed by atoms with Gasteiger partial charge < -0.3 is 5.73 Å². The third-order valence-electron chi connectivity index (χ3n) is 5.37. The summed E-state index contributed by atoms with van der Waals surface area (Å²) in [5.41, 5.74) is 8.70. The number of Topliss-reactive ketones (excluding diaryl/α,β-unsaturated/α-hetero) is 1. The van der Waals surface area contributed by atoms with Crippen molar-refractivity contribution < 1.29 is 13.2 Å². The lowest BCUT2D eigenvalue weighted by Gasteiger charge is -2.31. The Morgan fingerprint density at radius 1 is 1.14 bits per heavy atom. The van der Waals surface area contributed by atoms with Crippen LogP contribution in [0.3, 0.4) is 0 Å². The number of pyridine rings is 1. The van der Waals surface area contributed by atoms with E-state index in [9.17, 15) is 13.2 Å². The van der Waals surface area contributed by atoms with Gasteiger partial charge in [0.2, 0.25) is 10.0 Å². The number of hydrogen-bond acceptors (Lipinski definition) is 5. The molecule has 0 spiro atoms. The van der Waals surface area contributed by atoms with Crippen LogP contribution in [0.25, 0.3) is 5.52 Å². The number of nitrogen functional groups attached to an aromatic ring is 1. The second-order valence-electron chi connectivity index (χ2n) is 7.15. The molecule has 0 radical (unpaired) electrons. The molecule has 0 unspecified atom stereocenters. The summed E-state index contributed by atoms with van der Waals surface area (Å²) < 4.78 is 28.9. The number of sulfonamides is 1. The summed E-state index contributed by atoms with van der Waals surface area (Å²) in [6.45, 7) is 2.45. The zero-order valence-electron chi connectivity index (χ0n) is 15.6. The van der Waals surface area contributed by atoms with Crippen LogP contribution in [-0.2, 0) is 10.0 Å². The predicted molar refractivity (Wildman–Crippen MR) is 107 cm³/mol. The van der Waals surface area contributed by atoms with Gasteiger partial charge in [-0.25, -0.2) is 12.9 Å². The predicted octanol–water partition coefficient (Wildman–Crippen LogP) is 2.69. The van der Waals surface area contributed by atoms with E-state index in [-0.39, 0.29) is 16.6 Å². The van der Waals surface area contributed by atoms with Gasteiger partial charge in [0, 0.05) is 25.0 Å². The molecule has 0 bridgehead atoms. The highest BCUT2D eigenvalue weighted by Crippen LogP contribution is 2.31. The van der Waals surface area contributed by atoms with Crippen molar-refractivity contribution in [2.24, 2.45) is 0 Å². The third-order valence-corrected chi connectivity index (χ3v) is 7.28. The summed E-state index contributed by atoms with van der Waals surface area (Å²) in [6.07, 6.45) is 4.90. The highest BCUT2D eigenvalue weighted by atomic mass is 32.2. The standard InChI is InChI=1S/C20H22N4O3S/c1-14(25)19-13-22-24-11-8-16(12-20(19)24)15-6-9-23(10-7-15)28(26,27)18-4-2-17(21)3-5-18/h2-5,8,11-13,15H,6-7,9-10,21H2,1H3. The fraction of sp³-hybridized carbons (Fsp3) is 0.300. The molecule has 1 aliphatic rings. The Bertz CT molecular complexity index is 1130. The van der Waals surface area contributed by atoms with Gasteiger partial charge in [-0.2, -0.15) is 9.40 Å². The van der Waals surface area contributed by atoms with E-state index in [2.05, 4.69) is 5.10 Å². The molecule has 0 atom stereocenters. The van der Waals surface area contributed by atoms with Crippen LogP contribution in [0.15, 0.2) is 53.7 Å². The maximum Gasteiger partial charge on any atom is 0.243 e. The number of hydrogen-bond donors (Lipinski definition) is 1. The normalized spacial score (nSPS) is 16.5. The molecule has 0 amide bonds. The SMILES string of the molecule is CC(=O)c1cnn2ccc(C3CCN(S(=O)(=O)c4ccc(N)cc4)CC3)cc12. The van der Waals surface area contributed by atoms with E-state index in [0.717, 1.165) is 23.9 Å². The van der Waals surface area contributed by atoms with E-state index in [1.165, 1.54) is 11.2 Å². The van der Waals surface area contributed by atoms with Crippen LogP contribution >= 0.6 is 0 Å². The Morgan fingerprint density at radius 2 is 1.82 bits per heavy atom. The molecule has 1 saturated heterocycles. The molecule has 146 valence electrons. The average Bonchev–Trinajstić information content (AvgIpc) is 3.12. The number of fused-ring (bicyclic) bond motifs is 1. The number of nitrogens with zero attached hydrogens (tertiary/aromatic N) is 3. The molecule has 7 nitrogen and oxygen atoms in total. The molecule has 3 aromatic rings. The number of anilines is 1. The molecule has 0 aliphatic carbocycles. The summed E-state index contributed by atoms with van der Waals surface area (Å²) in [5.74, 6) is 0.231. The van der Waals surface area contributed by atoms with Crippen LogP contribution in [0, 0.1) is 0 Å². The fourth-order valence-electron chi connectivity index (χ4n) is 3.74. The Hall–Kier alpha value is -2.71. The number of benzene rings is 1. The second-order valence-corrected chi connectivity index (χ2v) is 9.09. The van der Waals surface area contributed by atoms with Gasteiger partial charge in [0.05, 0.1) is 22.2 Å². The van der Waals surface area contributed by atoms with Gasteiger partial charge in [-0.1, -0.05) is 0 Å². The van der Waals surface area contributed by atoms with Gasteiger partial charge in [-0.05, 0) is 67.6 Å². The minimum Gasteiger partial charge on any atom is -0.399 e. The molecule has 3 heterocycles. The van der Waals surface area contributed by atoms with Crippen LogP contribution in [0.2, 0.25) is 0 Å². The largest absolute Gasteiger partial charge is 0.399 e. The number of carbonyl (C=O) groups excluding carboxylic acids is 1. The first kappa shape index (κ1) is 18.6. The van der Waals surface area contributed by atoms with Gasteiger partial charge in [0.15, 0.2) is 5.78 Å². The molecule has 1 aromatic carbocycles. The van der Waals surface area contributed by atoms with Gasteiger partial charge in [-0.3, -0.25) is 4.79 Å². The van der Waals surface area contributed by atoms with Crippen molar-refractivity contribution in [1.29, 1.82) is 0 Å². The molecule has 28 heavy (non-hydrogen) atoms. The maximum atomic E-state index is 12.8. The Labute approximate surface area is 163 Å². The van der Waals surface area contributed by atoms with Crippen LogP contribution in [0.5, 0.6) is 0 Å². The zero-order chi connectivity index (χ0) is 19.9. The highest BCUT2D eigenvalue weighted by Gasteiger charge is 2.30. The van der Waals surface area contributed by atoms with E-state index < -0.39 is 10.0 Å². The lowest BCUT2D eigenvalue weighted by atomic mass is 9.90. The molecule has 8 heteroatoms. The summed E-state index contributed by atoms with van der Waals surface area (Å²) >= 11 is 0. The fourth-order valence-corrected chi connectivity index (χ4v) is 5.21. The zero-order valence-corrected chi connectivity index (χ0v) is 16.4. The summed E-state index contributed by atoms with van der Waals surface area (Å²) in [6, 6.07) is 10.3. The van der Waals surface area contributed by atoms with Gasteiger partial charge in [-0.15, -0.1) is 0 Å². The monoisotopic (exact) mass is 398 g/mol. The number of nitrogens with two attached hydrogens (primary N) is 1. The molecule has 1 aliphatic heterocycles. The minimum absolute atomic E-state index is 0.0171. The molecule has 0 saturated carbocycles. The van der Waals surface area contributed by atoms with Crippen molar-refractivity contribution in [3.63, 3.8) is 0 Å². The van der Waals surface area contributed by atoms with Gasteiger partial charge in [0.1, 0.15) is 0 Å². The van der Waals surface area contributed by atoms with Crippen molar-refractivity contribution in [1.82, 2.24) is 13.9 Å². The topological polar surface area (TPSA) is 97.8 Å². The lowest BCUT2D eigenvalue weighted by molar-refractivity contribution is 0.101. The number of aromatic nitrogens is 2. The van der Waals surface area contributed by atoms with E-state index in [1.807, 2.05) is 18.3 Å². The van der Waals surface area contributed by atoms with Crippen LogP contribution in [-0.4, -0.2) is 41.2 Å². The third kappa shape index (κ3) is 3.29. The molecule has 2 aromatic heterocycles. The Kier molecular flexibility index (Phi) is 4.68. The van der Waals surface area contributed by atoms with E-state index in [1.54, 1.807) is 35.0 Å². The quantitative estimate of drug-likeness (QED) is 0.538. The van der Waals surface area contributed by atoms with E-state index in [4.69, 9.17) is 5.73 Å². The average molecular weight is 398 g/mol. The minimum atomic E-state index is -3.51. The summed E-state index contributed by atoms with van der Waals surface area (Å²) in [5, 5.41) is 4.21. The smallest absolute Gasteiger partial charge is 0.243 e. The first-order chi connectivity index (χ1) is 13.4. The van der Waals surface area contributed by atoms with E-state index in [0.29, 0.717) is 24.3 Å². The van der Waals surface area contributed by atoms with E-state index >= 15 is 0 Å².